The minimum absolute atomic E-state index is 0.312. The largest absolute Gasteiger partial charge is 0.469 e. The maximum Gasteiger partial charge on any atom is 0.469 e. The fraction of sp³-hybridized carbons (Fsp3) is 0.588. The van der Waals surface area contributed by atoms with Gasteiger partial charge >= 0.3 is 13.9 Å². The Labute approximate surface area is 150 Å². The molecule has 8 heteroatoms. The van der Waals surface area contributed by atoms with Gasteiger partial charge in [-0.05, 0) is 12.0 Å². The smallest absolute Gasteiger partial charge is 0.450 e. The molecular weight excluding hydrogens is 345 g/mol. The van der Waals surface area contributed by atoms with Crippen LogP contribution in [-0.2, 0) is 13.8 Å². The van der Waals surface area contributed by atoms with Gasteiger partial charge in [0.15, 0.2) is 0 Å². The van der Waals surface area contributed by atoms with Crippen molar-refractivity contribution in [1.29, 1.82) is 0 Å². The Bertz CT molecular complexity index is 505. The predicted octanol–water partition coefficient (Wildman–Crippen LogP) is 4.17. The number of hydrogen-bond acceptors (Lipinski definition) is 4. The van der Waals surface area contributed by atoms with Gasteiger partial charge in [-0.25, -0.2) is 9.36 Å². The van der Waals surface area contributed by atoms with Crippen molar-refractivity contribution in [3.63, 3.8) is 0 Å². The number of phosphoric ester groups is 1. The zero-order valence-electron chi connectivity index (χ0n) is 15.2. The Morgan fingerprint density at radius 1 is 1.16 bits per heavy atom. The molecule has 3 N–H and O–H groups in total. The van der Waals surface area contributed by atoms with E-state index in [2.05, 4.69) is 16.8 Å². The molecule has 0 aliphatic carbocycles. The molecule has 0 aromatic heterocycles. The van der Waals surface area contributed by atoms with Gasteiger partial charge in [0.25, 0.3) is 0 Å². The van der Waals surface area contributed by atoms with Gasteiger partial charge in [-0.3, -0.25) is 4.52 Å². The summed E-state index contributed by atoms with van der Waals surface area (Å²) in [6.07, 6.45) is 3.34. The molecule has 7 nitrogen and oxygen atoms in total. The second-order valence-electron chi connectivity index (χ2n) is 5.09. The molecular formula is C17H30NO6P. The van der Waals surface area contributed by atoms with Crippen LogP contribution < -0.4 is 5.32 Å². The lowest BCUT2D eigenvalue weighted by molar-refractivity contribution is 0.129. The number of benzene rings is 1. The SMILES string of the molecule is CC.CCCCCCOC(=O)NC(COP(=O)(O)O)c1ccccc1. The van der Waals surface area contributed by atoms with Crippen molar-refractivity contribution in [2.75, 3.05) is 13.2 Å². The summed E-state index contributed by atoms with van der Waals surface area (Å²) in [5.74, 6) is 0. The normalized spacial score (nSPS) is 11.9. The van der Waals surface area contributed by atoms with Gasteiger partial charge in [0.2, 0.25) is 0 Å². The highest BCUT2D eigenvalue weighted by atomic mass is 31.2. The summed E-state index contributed by atoms with van der Waals surface area (Å²) in [7, 11) is -4.61. The molecule has 1 aromatic carbocycles. The third kappa shape index (κ3) is 12.6. The molecule has 0 heterocycles. The molecule has 0 fully saturated rings. The van der Waals surface area contributed by atoms with Gasteiger partial charge in [0, 0.05) is 0 Å². The lowest BCUT2D eigenvalue weighted by atomic mass is 10.1. The molecule has 0 saturated carbocycles. The van der Waals surface area contributed by atoms with Crippen LogP contribution >= 0.6 is 7.82 Å². The lowest BCUT2D eigenvalue weighted by Gasteiger charge is -2.19. The number of ether oxygens (including phenoxy) is 1. The number of alkyl carbamates (subject to hydrolysis) is 1. The third-order valence-corrected chi connectivity index (χ3v) is 3.62. The first kappa shape index (κ1) is 23.6. The van der Waals surface area contributed by atoms with E-state index < -0.39 is 20.0 Å². The third-order valence-electron chi connectivity index (χ3n) is 3.13. The van der Waals surface area contributed by atoms with Gasteiger partial charge in [-0.2, -0.15) is 0 Å². The van der Waals surface area contributed by atoms with Crippen LogP contribution in [0.1, 0.15) is 58.1 Å². The van der Waals surface area contributed by atoms with Crippen LogP contribution in [0.25, 0.3) is 0 Å². The van der Waals surface area contributed by atoms with Crippen molar-refractivity contribution in [2.45, 2.75) is 52.5 Å². The highest BCUT2D eigenvalue weighted by Crippen LogP contribution is 2.37. The Morgan fingerprint density at radius 2 is 1.80 bits per heavy atom. The van der Waals surface area contributed by atoms with Crippen LogP contribution in [0.4, 0.5) is 4.79 Å². The maximum atomic E-state index is 11.8. The van der Waals surface area contributed by atoms with Crippen LogP contribution in [0.15, 0.2) is 30.3 Å². The van der Waals surface area contributed by atoms with Crippen molar-refractivity contribution in [3.05, 3.63) is 35.9 Å². The highest BCUT2D eigenvalue weighted by Gasteiger charge is 2.21. The number of carbonyl (C=O) groups is 1. The molecule has 1 unspecified atom stereocenters. The number of rotatable bonds is 10. The van der Waals surface area contributed by atoms with E-state index in [1.807, 2.05) is 13.8 Å². The zero-order chi connectivity index (χ0) is 19.1. The minimum Gasteiger partial charge on any atom is -0.450 e. The number of hydrogen-bond donors (Lipinski definition) is 3. The Hall–Kier alpha value is -1.40. The second kappa shape index (κ2) is 13.8. The fourth-order valence-electron chi connectivity index (χ4n) is 1.96. The number of unbranched alkanes of at least 4 members (excludes halogenated alkanes) is 3. The number of phosphoric acid groups is 1. The summed E-state index contributed by atoms with van der Waals surface area (Å²) in [5.41, 5.74) is 0.670. The number of carbonyl (C=O) groups excluding carboxylic acids is 1. The van der Waals surface area contributed by atoms with Crippen molar-refractivity contribution < 1.29 is 28.4 Å². The summed E-state index contributed by atoms with van der Waals surface area (Å²) in [4.78, 5) is 29.4. The van der Waals surface area contributed by atoms with Gasteiger partial charge in [0.05, 0.1) is 19.3 Å². The standard InChI is InChI=1S/C15H24NO6P.C2H6/c1-2-3-4-8-11-21-15(17)16-14(12-22-23(18,19)20)13-9-6-5-7-10-13;1-2/h5-7,9-10,14H,2-4,8,11-12H2,1H3,(H,16,17)(H2,18,19,20);1-2H3. The molecule has 0 bridgehead atoms. The monoisotopic (exact) mass is 375 g/mol. The maximum absolute atomic E-state index is 11.8. The van der Waals surface area contributed by atoms with E-state index in [0.29, 0.717) is 12.2 Å². The minimum atomic E-state index is -4.61. The number of nitrogens with one attached hydrogen (secondary N) is 1. The number of amides is 1. The van der Waals surface area contributed by atoms with E-state index in [1.54, 1.807) is 30.3 Å². The Morgan fingerprint density at radius 3 is 2.36 bits per heavy atom. The van der Waals surface area contributed by atoms with Crippen molar-refractivity contribution in [2.24, 2.45) is 0 Å². The van der Waals surface area contributed by atoms with Crippen LogP contribution in [0.5, 0.6) is 0 Å². The molecule has 1 atom stereocenters. The van der Waals surface area contributed by atoms with E-state index >= 15 is 0 Å². The fourth-order valence-corrected chi connectivity index (χ4v) is 2.30. The van der Waals surface area contributed by atoms with E-state index in [0.717, 1.165) is 25.7 Å². The molecule has 1 rings (SSSR count). The van der Waals surface area contributed by atoms with E-state index in [9.17, 15) is 9.36 Å². The van der Waals surface area contributed by atoms with Crippen molar-refractivity contribution in [1.82, 2.24) is 5.32 Å². The Balaban J connectivity index is 0.00000277. The predicted molar refractivity (Wildman–Crippen MR) is 97.2 cm³/mol. The van der Waals surface area contributed by atoms with Crippen LogP contribution in [0.3, 0.4) is 0 Å². The van der Waals surface area contributed by atoms with Crippen molar-refractivity contribution in [3.8, 4) is 0 Å². The average Bonchev–Trinajstić information content (AvgIpc) is 2.60. The molecule has 0 saturated heterocycles. The van der Waals surface area contributed by atoms with Gasteiger partial charge in [-0.15, -0.1) is 0 Å². The van der Waals surface area contributed by atoms with Crippen LogP contribution in [0.2, 0.25) is 0 Å². The van der Waals surface area contributed by atoms with E-state index in [1.165, 1.54) is 0 Å². The van der Waals surface area contributed by atoms with Gasteiger partial charge < -0.3 is 19.8 Å². The molecule has 0 spiro atoms. The molecule has 1 aromatic rings. The zero-order valence-corrected chi connectivity index (χ0v) is 16.1. The molecule has 0 aliphatic rings. The molecule has 0 aliphatic heterocycles. The molecule has 1 amide bonds. The first-order valence-corrected chi connectivity index (χ1v) is 10.1. The molecule has 25 heavy (non-hydrogen) atoms. The summed E-state index contributed by atoms with van der Waals surface area (Å²) in [6.45, 7) is 6.06. The lowest BCUT2D eigenvalue weighted by Crippen LogP contribution is -2.32. The summed E-state index contributed by atoms with van der Waals surface area (Å²) >= 11 is 0. The summed E-state index contributed by atoms with van der Waals surface area (Å²) < 4.78 is 20.4. The molecule has 144 valence electrons. The summed E-state index contributed by atoms with van der Waals surface area (Å²) in [6, 6.07) is 8.09. The first-order chi connectivity index (χ1) is 11.9. The van der Waals surface area contributed by atoms with E-state index in [-0.39, 0.29) is 6.61 Å². The second-order valence-corrected chi connectivity index (χ2v) is 6.33. The summed E-state index contributed by atoms with van der Waals surface area (Å²) in [5, 5.41) is 2.57. The Kier molecular flexibility index (Phi) is 13.1. The van der Waals surface area contributed by atoms with Crippen LogP contribution in [0, 0.1) is 0 Å². The quantitative estimate of drug-likeness (QED) is 0.419. The van der Waals surface area contributed by atoms with Gasteiger partial charge in [-0.1, -0.05) is 70.4 Å². The highest BCUT2D eigenvalue weighted by molar-refractivity contribution is 7.46. The van der Waals surface area contributed by atoms with Gasteiger partial charge in [0.1, 0.15) is 0 Å². The first-order valence-electron chi connectivity index (χ1n) is 8.60. The average molecular weight is 375 g/mol. The van der Waals surface area contributed by atoms with Crippen molar-refractivity contribution >= 4 is 13.9 Å². The molecule has 0 radical (unpaired) electrons. The topological polar surface area (TPSA) is 105 Å². The van der Waals surface area contributed by atoms with E-state index in [4.69, 9.17) is 14.5 Å². The van der Waals surface area contributed by atoms with Crippen LogP contribution in [-0.4, -0.2) is 29.1 Å².